The van der Waals surface area contributed by atoms with Gasteiger partial charge in [0.1, 0.15) is 5.75 Å². The van der Waals surface area contributed by atoms with Crippen molar-refractivity contribution in [2.75, 3.05) is 0 Å². The lowest BCUT2D eigenvalue weighted by molar-refractivity contribution is 0.282. The van der Waals surface area contributed by atoms with Gasteiger partial charge in [0, 0.05) is 15.4 Å². The monoisotopic (exact) mass is 272 g/mol. The highest BCUT2D eigenvalue weighted by Crippen LogP contribution is 2.38. The minimum Gasteiger partial charge on any atom is -0.506 e. The van der Waals surface area contributed by atoms with E-state index < -0.39 is 0 Å². The molecule has 2 rings (SSSR count). The zero-order chi connectivity index (χ0) is 10.1. The van der Waals surface area contributed by atoms with Crippen molar-refractivity contribution in [3.05, 3.63) is 28.6 Å². The number of thiophene rings is 1. The molecule has 0 radical (unpaired) electrons. The molecule has 2 N–H and O–H groups in total. The van der Waals surface area contributed by atoms with E-state index in [-0.39, 0.29) is 6.61 Å². The van der Waals surface area contributed by atoms with E-state index in [4.69, 9.17) is 5.11 Å². The normalized spacial score (nSPS) is 11.0. The maximum absolute atomic E-state index is 9.77. The topological polar surface area (TPSA) is 40.5 Å². The highest BCUT2D eigenvalue weighted by atomic mass is 79.9. The third-order valence-electron chi connectivity index (χ3n) is 2.10. The van der Waals surface area contributed by atoms with Crippen molar-refractivity contribution >= 4 is 37.4 Å². The van der Waals surface area contributed by atoms with Gasteiger partial charge in [-0.2, -0.15) is 0 Å². The Morgan fingerprint density at radius 1 is 1.36 bits per heavy atom. The van der Waals surface area contributed by atoms with Crippen molar-refractivity contribution in [3.8, 4) is 5.75 Å². The Labute approximate surface area is 93.9 Å². The molecule has 0 spiro atoms. The molecule has 14 heavy (non-hydrogen) atoms. The zero-order valence-electron chi connectivity index (χ0n) is 7.33. The fraction of sp³-hybridized carbons (Fsp3) is 0.200. The van der Waals surface area contributed by atoms with E-state index in [1.54, 1.807) is 11.3 Å². The highest BCUT2D eigenvalue weighted by molar-refractivity contribution is 9.08. The van der Waals surface area contributed by atoms with E-state index >= 15 is 0 Å². The van der Waals surface area contributed by atoms with Crippen LogP contribution in [0.5, 0.6) is 5.75 Å². The molecule has 4 heteroatoms. The Hall–Kier alpha value is -0.580. The molecule has 1 aromatic carbocycles. The van der Waals surface area contributed by atoms with Gasteiger partial charge in [-0.15, -0.1) is 11.3 Å². The molecule has 0 aliphatic heterocycles. The summed E-state index contributed by atoms with van der Waals surface area (Å²) in [5.74, 6) is 0.353. The second-order valence-electron chi connectivity index (χ2n) is 3.00. The Kier molecular flexibility index (Phi) is 2.76. The first-order chi connectivity index (χ1) is 6.76. The second kappa shape index (κ2) is 3.88. The molecule has 2 nitrogen and oxygen atoms in total. The molecular weight excluding hydrogens is 264 g/mol. The van der Waals surface area contributed by atoms with E-state index in [9.17, 15) is 5.11 Å². The number of aliphatic hydroxyl groups excluding tert-OH is 1. The fourth-order valence-corrected chi connectivity index (χ4v) is 2.99. The predicted molar refractivity (Wildman–Crippen MR) is 62.0 cm³/mol. The summed E-state index contributed by atoms with van der Waals surface area (Å²) in [6.07, 6.45) is 0. The molecule has 0 aliphatic rings. The summed E-state index contributed by atoms with van der Waals surface area (Å²) in [4.78, 5) is 0.926. The number of alkyl halides is 1. The molecule has 2 aromatic rings. The highest BCUT2D eigenvalue weighted by Gasteiger charge is 2.09. The Balaban J connectivity index is 2.66. The van der Waals surface area contributed by atoms with Crippen molar-refractivity contribution in [3.63, 3.8) is 0 Å². The molecule has 0 aliphatic carbocycles. The summed E-state index contributed by atoms with van der Waals surface area (Å²) in [5.41, 5.74) is 0.875. The van der Waals surface area contributed by atoms with Crippen LogP contribution in [0.25, 0.3) is 10.1 Å². The van der Waals surface area contributed by atoms with Crippen LogP contribution in [0.2, 0.25) is 0 Å². The summed E-state index contributed by atoms with van der Waals surface area (Å²) in [6.45, 7) is 0.0399. The van der Waals surface area contributed by atoms with Gasteiger partial charge in [-0.1, -0.05) is 22.0 Å². The number of halogens is 1. The maximum Gasteiger partial charge on any atom is 0.138 e. The van der Waals surface area contributed by atoms with Gasteiger partial charge in [0.15, 0.2) is 0 Å². The molecule has 0 atom stereocenters. The number of aliphatic hydroxyl groups is 1. The molecule has 74 valence electrons. The van der Waals surface area contributed by atoms with Crippen LogP contribution in [0.1, 0.15) is 10.4 Å². The van der Waals surface area contributed by atoms with E-state index in [2.05, 4.69) is 15.9 Å². The van der Waals surface area contributed by atoms with Gasteiger partial charge in [0.25, 0.3) is 0 Å². The van der Waals surface area contributed by atoms with Gasteiger partial charge in [-0.25, -0.2) is 0 Å². The summed E-state index contributed by atoms with van der Waals surface area (Å²) >= 11 is 4.87. The average molecular weight is 273 g/mol. The van der Waals surface area contributed by atoms with Crippen LogP contribution in [-0.4, -0.2) is 10.2 Å². The minimum absolute atomic E-state index is 0.0399. The summed E-state index contributed by atoms with van der Waals surface area (Å²) in [5, 5.41) is 20.3. The van der Waals surface area contributed by atoms with Crippen LogP contribution in [0.15, 0.2) is 18.2 Å². The van der Waals surface area contributed by atoms with Crippen LogP contribution in [0.3, 0.4) is 0 Å². The summed E-state index contributed by atoms with van der Waals surface area (Å²) in [7, 11) is 0. The van der Waals surface area contributed by atoms with Crippen molar-refractivity contribution in [1.82, 2.24) is 0 Å². The van der Waals surface area contributed by atoms with Crippen LogP contribution in [0, 0.1) is 0 Å². The van der Waals surface area contributed by atoms with Gasteiger partial charge in [-0.3, -0.25) is 0 Å². The van der Waals surface area contributed by atoms with Crippen molar-refractivity contribution in [2.24, 2.45) is 0 Å². The van der Waals surface area contributed by atoms with E-state index in [0.717, 1.165) is 20.5 Å². The fourth-order valence-electron chi connectivity index (χ4n) is 1.37. The quantitative estimate of drug-likeness (QED) is 0.826. The number of fused-ring (bicyclic) bond motifs is 1. The number of hydrogen-bond acceptors (Lipinski definition) is 3. The first kappa shape index (κ1) is 9.96. The van der Waals surface area contributed by atoms with Gasteiger partial charge >= 0.3 is 0 Å². The Bertz CT molecular complexity index is 464. The van der Waals surface area contributed by atoms with Crippen molar-refractivity contribution in [1.29, 1.82) is 0 Å². The van der Waals surface area contributed by atoms with Crippen LogP contribution >= 0.6 is 27.3 Å². The van der Waals surface area contributed by atoms with Crippen LogP contribution < -0.4 is 0 Å². The van der Waals surface area contributed by atoms with E-state index in [0.29, 0.717) is 11.1 Å². The van der Waals surface area contributed by atoms with Gasteiger partial charge in [-0.05, 0) is 17.7 Å². The number of aromatic hydroxyl groups is 1. The lowest BCUT2D eigenvalue weighted by Crippen LogP contribution is -1.79. The minimum atomic E-state index is 0.0399. The third-order valence-corrected chi connectivity index (χ3v) is 4.18. The molecule has 0 unspecified atom stereocenters. The first-order valence-corrected chi connectivity index (χ1v) is 6.10. The van der Waals surface area contributed by atoms with Crippen LogP contribution in [0.4, 0.5) is 0 Å². The molecule has 0 bridgehead atoms. The summed E-state index contributed by atoms with van der Waals surface area (Å²) in [6, 6.07) is 5.58. The Morgan fingerprint density at radius 3 is 2.79 bits per heavy atom. The van der Waals surface area contributed by atoms with Gasteiger partial charge in [0.05, 0.1) is 11.5 Å². The molecule has 0 amide bonds. The second-order valence-corrected chi connectivity index (χ2v) is 4.69. The van der Waals surface area contributed by atoms with Crippen molar-refractivity contribution < 1.29 is 10.2 Å². The van der Waals surface area contributed by atoms with Crippen molar-refractivity contribution in [2.45, 2.75) is 11.9 Å². The van der Waals surface area contributed by atoms with E-state index in [1.165, 1.54) is 0 Å². The van der Waals surface area contributed by atoms with Gasteiger partial charge in [0.2, 0.25) is 0 Å². The number of hydrogen-bond donors (Lipinski definition) is 2. The largest absolute Gasteiger partial charge is 0.506 e. The lowest BCUT2D eigenvalue weighted by atomic mass is 10.2. The standard InChI is InChI=1S/C10H9BrO2S/c11-4-9-10(13)7-2-1-6(5-12)3-8(7)14-9/h1-3,12-13H,4-5H2. The van der Waals surface area contributed by atoms with E-state index in [1.807, 2.05) is 18.2 Å². The molecule has 0 fully saturated rings. The molecule has 1 heterocycles. The smallest absolute Gasteiger partial charge is 0.138 e. The number of rotatable bonds is 2. The molecular formula is C10H9BrO2S. The first-order valence-electron chi connectivity index (χ1n) is 4.16. The Morgan fingerprint density at radius 2 is 2.14 bits per heavy atom. The van der Waals surface area contributed by atoms with Crippen LogP contribution in [-0.2, 0) is 11.9 Å². The molecule has 1 aromatic heterocycles. The average Bonchev–Trinajstić information content (AvgIpc) is 2.55. The zero-order valence-corrected chi connectivity index (χ0v) is 9.73. The summed E-state index contributed by atoms with van der Waals surface area (Å²) < 4.78 is 1.02. The third kappa shape index (κ3) is 1.54. The predicted octanol–water partition coefficient (Wildman–Crippen LogP) is 2.99. The molecule has 0 saturated carbocycles. The number of benzene rings is 1. The lowest BCUT2D eigenvalue weighted by Gasteiger charge is -1.95. The molecule has 0 saturated heterocycles. The van der Waals surface area contributed by atoms with Gasteiger partial charge < -0.3 is 10.2 Å². The maximum atomic E-state index is 9.77. The SMILES string of the molecule is OCc1ccc2c(O)c(CBr)sc2c1.